The number of benzene rings is 2. The van der Waals surface area contributed by atoms with E-state index in [1.807, 2.05) is 42.5 Å². The van der Waals surface area contributed by atoms with E-state index in [9.17, 15) is 19.5 Å². The summed E-state index contributed by atoms with van der Waals surface area (Å²) in [5.74, 6) is -1.38. The molecule has 0 saturated carbocycles. The fourth-order valence-corrected chi connectivity index (χ4v) is 2.63. The Kier molecular flexibility index (Phi) is 9.77. The van der Waals surface area contributed by atoms with E-state index in [-0.39, 0.29) is 13.0 Å². The molecule has 8 heteroatoms. The number of hydrogen-bond donors (Lipinski definition) is 3. The average Bonchev–Trinajstić information content (AvgIpc) is 2.81. The van der Waals surface area contributed by atoms with E-state index in [0.717, 1.165) is 11.1 Å². The van der Waals surface area contributed by atoms with Crippen LogP contribution >= 0.6 is 0 Å². The highest BCUT2D eigenvalue weighted by atomic mass is 16.5. The van der Waals surface area contributed by atoms with Crippen molar-refractivity contribution in [2.24, 2.45) is 0 Å². The maximum atomic E-state index is 12.5. The molecule has 2 rings (SSSR count). The Morgan fingerprint density at radius 3 is 2.23 bits per heavy atom. The Bertz CT molecular complexity index is 870. The van der Waals surface area contributed by atoms with Gasteiger partial charge in [0.1, 0.15) is 18.7 Å². The SMILES string of the molecule is COC(=O)[C@H](C/C=C/c1ccccc1)NC(=O)[C@H](CO)NC(=O)OCc1ccccc1. The first kappa shape index (κ1) is 23.6. The molecule has 2 aromatic rings. The minimum Gasteiger partial charge on any atom is -0.467 e. The highest BCUT2D eigenvalue weighted by molar-refractivity contribution is 5.89. The highest BCUT2D eigenvalue weighted by Gasteiger charge is 2.26. The van der Waals surface area contributed by atoms with E-state index in [4.69, 9.17) is 9.47 Å². The van der Waals surface area contributed by atoms with Gasteiger partial charge in [0.05, 0.1) is 13.7 Å². The second-order valence-electron chi connectivity index (χ2n) is 6.57. The molecule has 0 fully saturated rings. The molecule has 0 unspecified atom stereocenters. The van der Waals surface area contributed by atoms with Crippen LogP contribution in [0.5, 0.6) is 0 Å². The number of hydrogen-bond acceptors (Lipinski definition) is 6. The van der Waals surface area contributed by atoms with Gasteiger partial charge in [-0.15, -0.1) is 0 Å². The normalized spacial score (nSPS) is 12.6. The predicted molar refractivity (Wildman–Crippen MR) is 115 cm³/mol. The second kappa shape index (κ2) is 12.8. The van der Waals surface area contributed by atoms with Gasteiger partial charge in [0.15, 0.2) is 0 Å². The lowest BCUT2D eigenvalue weighted by Crippen LogP contribution is -2.53. The van der Waals surface area contributed by atoms with Crippen molar-refractivity contribution >= 4 is 24.0 Å². The Morgan fingerprint density at radius 2 is 1.61 bits per heavy atom. The highest BCUT2D eigenvalue weighted by Crippen LogP contribution is 2.05. The van der Waals surface area contributed by atoms with Crippen LogP contribution in [-0.4, -0.2) is 48.9 Å². The number of methoxy groups -OCH3 is 1. The van der Waals surface area contributed by atoms with Gasteiger partial charge in [-0.3, -0.25) is 4.79 Å². The van der Waals surface area contributed by atoms with Gasteiger partial charge in [-0.05, 0) is 17.5 Å². The zero-order valence-electron chi connectivity index (χ0n) is 17.2. The molecule has 2 aromatic carbocycles. The Balaban J connectivity index is 1.90. The van der Waals surface area contributed by atoms with Crippen molar-refractivity contribution in [1.29, 1.82) is 0 Å². The van der Waals surface area contributed by atoms with Gasteiger partial charge in [-0.25, -0.2) is 9.59 Å². The molecule has 0 aliphatic rings. The number of alkyl carbamates (subject to hydrolysis) is 1. The van der Waals surface area contributed by atoms with Gasteiger partial charge in [0.25, 0.3) is 0 Å². The lowest BCUT2D eigenvalue weighted by atomic mass is 10.1. The summed E-state index contributed by atoms with van der Waals surface area (Å²) >= 11 is 0. The van der Waals surface area contributed by atoms with Gasteiger partial charge >= 0.3 is 12.1 Å². The number of aliphatic hydroxyl groups is 1. The second-order valence-corrected chi connectivity index (χ2v) is 6.57. The van der Waals surface area contributed by atoms with Gasteiger partial charge in [0, 0.05) is 0 Å². The minimum atomic E-state index is -1.28. The summed E-state index contributed by atoms with van der Waals surface area (Å²) < 4.78 is 9.79. The van der Waals surface area contributed by atoms with E-state index >= 15 is 0 Å². The first-order valence-corrected chi connectivity index (χ1v) is 9.71. The van der Waals surface area contributed by atoms with Crippen LogP contribution in [0.1, 0.15) is 17.5 Å². The summed E-state index contributed by atoms with van der Waals surface area (Å²) in [6, 6.07) is 16.2. The van der Waals surface area contributed by atoms with Crippen LogP contribution in [0.15, 0.2) is 66.7 Å². The van der Waals surface area contributed by atoms with E-state index in [1.54, 1.807) is 30.3 Å². The molecule has 2 amide bonds. The van der Waals surface area contributed by atoms with E-state index < -0.39 is 36.7 Å². The number of aliphatic hydroxyl groups excluding tert-OH is 1. The van der Waals surface area contributed by atoms with Crippen LogP contribution < -0.4 is 10.6 Å². The van der Waals surface area contributed by atoms with Crippen LogP contribution in [0, 0.1) is 0 Å². The van der Waals surface area contributed by atoms with Crippen molar-refractivity contribution in [2.45, 2.75) is 25.1 Å². The molecule has 0 spiro atoms. The molecule has 3 N–H and O–H groups in total. The zero-order valence-corrected chi connectivity index (χ0v) is 17.2. The van der Waals surface area contributed by atoms with Gasteiger partial charge in [0.2, 0.25) is 5.91 Å². The number of rotatable bonds is 10. The van der Waals surface area contributed by atoms with Crippen LogP contribution in [-0.2, 0) is 25.7 Å². The zero-order chi connectivity index (χ0) is 22.5. The maximum absolute atomic E-state index is 12.5. The topological polar surface area (TPSA) is 114 Å². The van der Waals surface area contributed by atoms with Crippen molar-refractivity contribution in [3.63, 3.8) is 0 Å². The van der Waals surface area contributed by atoms with Crippen molar-refractivity contribution < 1.29 is 29.0 Å². The maximum Gasteiger partial charge on any atom is 0.408 e. The van der Waals surface area contributed by atoms with Gasteiger partial charge in [-0.2, -0.15) is 0 Å². The van der Waals surface area contributed by atoms with Crippen molar-refractivity contribution in [3.05, 3.63) is 77.9 Å². The summed E-state index contributed by atoms with van der Waals surface area (Å²) in [6.07, 6.45) is 2.85. The van der Waals surface area contributed by atoms with E-state index in [2.05, 4.69) is 10.6 Å². The molecule has 0 aromatic heterocycles. The van der Waals surface area contributed by atoms with E-state index in [0.29, 0.717) is 0 Å². The summed E-state index contributed by atoms with van der Waals surface area (Å²) in [5, 5.41) is 14.3. The van der Waals surface area contributed by atoms with Crippen LogP contribution in [0.3, 0.4) is 0 Å². The Labute approximate surface area is 180 Å². The fraction of sp³-hybridized carbons (Fsp3) is 0.261. The van der Waals surface area contributed by atoms with Crippen molar-refractivity contribution in [2.75, 3.05) is 13.7 Å². The number of carbonyl (C=O) groups is 3. The quantitative estimate of drug-likeness (QED) is 0.501. The molecule has 0 aliphatic carbocycles. The minimum absolute atomic E-state index is 0.0154. The Morgan fingerprint density at radius 1 is 0.968 bits per heavy atom. The molecule has 0 aliphatic heterocycles. The smallest absolute Gasteiger partial charge is 0.408 e. The molecular weight excluding hydrogens is 400 g/mol. The lowest BCUT2D eigenvalue weighted by molar-refractivity contribution is -0.145. The van der Waals surface area contributed by atoms with Crippen LogP contribution in [0.4, 0.5) is 4.79 Å². The van der Waals surface area contributed by atoms with Crippen LogP contribution in [0.25, 0.3) is 6.08 Å². The van der Waals surface area contributed by atoms with Crippen molar-refractivity contribution in [3.8, 4) is 0 Å². The summed E-state index contributed by atoms with van der Waals surface area (Å²) in [7, 11) is 1.21. The molecule has 8 nitrogen and oxygen atoms in total. The number of ether oxygens (including phenoxy) is 2. The first-order chi connectivity index (χ1) is 15.0. The van der Waals surface area contributed by atoms with Crippen molar-refractivity contribution in [1.82, 2.24) is 10.6 Å². The summed E-state index contributed by atoms with van der Waals surface area (Å²) in [5.41, 5.74) is 1.71. The largest absolute Gasteiger partial charge is 0.467 e. The molecular formula is C23H26N2O6. The monoisotopic (exact) mass is 426 g/mol. The molecule has 0 bridgehead atoms. The molecule has 2 atom stereocenters. The summed E-state index contributed by atoms with van der Waals surface area (Å²) in [4.78, 5) is 36.5. The van der Waals surface area contributed by atoms with Gasteiger partial charge < -0.3 is 25.2 Å². The number of esters is 1. The number of amides is 2. The molecule has 164 valence electrons. The standard InChI is InChI=1S/C23H26N2O6/c1-30-22(28)19(14-8-13-17-9-4-2-5-10-17)24-21(27)20(15-26)25-23(29)31-16-18-11-6-3-7-12-18/h2-13,19-20,26H,14-16H2,1H3,(H,24,27)(H,25,29)/b13-8+/t19-,20-/m0/s1. The Hall–Kier alpha value is -3.65. The predicted octanol–water partition coefficient (Wildman–Crippen LogP) is 2.03. The molecule has 31 heavy (non-hydrogen) atoms. The van der Waals surface area contributed by atoms with Crippen LogP contribution in [0.2, 0.25) is 0 Å². The first-order valence-electron chi connectivity index (χ1n) is 9.71. The third kappa shape index (κ3) is 8.31. The molecule has 0 radical (unpaired) electrons. The number of nitrogens with one attached hydrogen (secondary N) is 2. The fourth-order valence-electron chi connectivity index (χ4n) is 2.63. The van der Waals surface area contributed by atoms with E-state index in [1.165, 1.54) is 7.11 Å². The molecule has 0 saturated heterocycles. The average molecular weight is 426 g/mol. The van der Waals surface area contributed by atoms with Gasteiger partial charge in [-0.1, -0.05) is 72.8 Å². The molecule has 0 heterocycles. The third-order valence-corrected chi connectivity index (χ3v) is 4.29. The number of carbonyl (C=O) groups excluding carboxylic acids is 3. The summed E-state index contributed by atoms with van der Waals surface area (Å²) in [6.45, 7) is -0.651. The lowest BCUT2D eigenvalue weighted by Gasteiger charge is -2.20. The third-order valence-electron chi connectivity index (χ3n) is 4.29.